The molecule has 0 radical (unpaired) electrons. The first-order valence-corrected chi connectivity index (χ1v) is 9.71. The molecule has 9 nitrogen and oxygen atoms in total. The number of aliphatic carboxylic acids is 1. The summed E-state index contributed by atoms with van der Waals surface area (Å²) in [5.41, 5.74) is 10.7. The van der Waals surface area contributed by atoms with E-state index < -0.39 is 23.5 Å². The number of carboxylic acids is 1. The molecule has 0 aliphatic rings. The molecular weight excluding hydrogens is 386 g/mol. The Bertz CT molecular complexity index is 905. The minimum atomic E-state index is -1.20. The monoisotopic (exact) mass is 415 g/mol. The van der Waals surface area contributed by atoms with E-state index in [4.69, 9.17) is 11.5 Å². The number of hydrogen-bond donors (Lipinski definition) is 4. The third-order valence-electron chi connectivity index (χ3n) is 4.01. The summed E-state index contributed by atoms with van der Waals surface area (Å²) in [6.45, 7) is 4.55. The summed E-state index contributed by atoms with van der Waals surface area (Å²) in [6, 6.07) is 11.1. The van der Waals surface area contributed by atoms with Gasteiger partial charge in [0, 0.05) is 12.7 Å². The minimum absolute atomic E-state index is 0.0841. The van der Waals surface area contributed by atoms with Crippen molar-refractivity contribution in [1.29, 1.82) is 0 Å². The van der Waals surface area contributed by atoms with E-state index in [1.54, 1.807) is 12.3 Å². The van der Waals surface area contributed by atoms with Crippen LogP contribution in [0, 0.1) is 0 Å². The summed E-state index contributed by atoms with van der Waals surface area (Å²) in [5, 5.41) is 11.7. The molecule has 9 heteroatoms. The average Bonchev–Trinajstić information content (AvgIpc) is 2.73. The molecule has 1 aromatic heterocycles. The smallest absolute Gasteiger partial charge is 0.326 e. The van der Waals surface area contributed by atoms with Gasteiger partial charge < -0.3 is 26.5 Å². The highest BCUT2D eigenvalue weighted by Gasteiger charge is 2.22. The fourth-order valence-electron chi connectivity index (χ4n) is 2.61. The molecule has 1 unspecified atom stereocenters. The summed E-state index contributed by atoms with van der Waals surface area (Å²) in [5.74, 6) is -2.01. The second-order valence-corrected chi connectivity index (χ2v) is 6.15. The third kappa shape index (κ3) is 7.78. The van der Waals surface area contributed by atoms with Gasteiger partial charge in [0.1, 0.15) is 11.6 Å². The number of carboxylic acid groups (broad SMARTS) is 1. The van der Waals surface area contributed by atoms with Crippen LogP contribution in [0.2, 0.25) is 0 Å². The fourth-order valence-corrected chi connectivity index (χ4v) is 2.61. The van der Waals surface area contributed by atoms with E-state index >= 15 is 0 Å². The third-order valence-corrected chi connectivity index (χ3v) is 4.01. The van der Waals surface area contributed by atoms with E-state index in [-0.39, 0.29) is 24.5 Å². The van der Waals surface area contributed by atoms with Gasteiger partial charge in [-0.3, -0.25) is 14.6 Å². The van der Waals surface area contributed by atoms with Gasteiger partial charge in [-0.2, -0.15) is 0 Å². The molecule has 1 aromatic carbocycles. The number of amides is 1. The number of aliphatic imine (C=N–C) groups is 1. The Kier molecular flexibility index (Phi) is 10.4. The number of benzene rings is 1. The van der Waals surface area contributed by atoms with Gasteiger partial charge in [0.25, 0.3) is 11.5 Å². The van der Waals surface area contributed by atoms with Crippen LogP contribution < -0.4 is 22.3 Å². The molecule has 0 aliphatic heterocycles. The largest absolute Gasteiger partial charge is 0.480 e. The maximum absolute atomic E-state index is 12.6. The lowest BCUT2D eigenvalue weighted by Gasteiger charge is -2.14. The van der Waals surface area contributed by atoms with Crippen molar-refractivity contribution < 1.29 is 14.7 Å². The molecule has 0 saturated heterocycles. The summed E-state index contributed by atoms with van der Waals surface area (Å²) in [4.78, 5) is 40.3. The van der Waals surface area contributed by atoms with Gasteiger partial charge in [-0.1, -0.05) is 44.2 Å². The predicted molar refractivity (Wildman–Crippen MR) is 116 cm³/mol. The van der Waals surface area contributed by atoms with Gasteiger partial charge >= 0.3 is 5.97 Å². The summed E-state index contributed by atoms with van der Waals surface area (Å²) >= 11 is 0. The van der Waals surface area contributed by atoms with E-state index in [9.17, 15) is 19.5 Å². The Balaban J connectivity index is 0.00000218. The minimum Gasteiger partial charge on any atom is -0.480 e. The molecule has 0 spiro atoms. The average molecular weight is 415 g/mol. The number of hydrogen-bond acceptors (Lipinski definition) is 4. The number of pyridine rings is 1. The van der Waals surface area contributed by atoms with Crippen LogP contribution in [0.1, 0.15) is 42.6 Å². The molecule has 0 bridgehead atoms. The van der Waals surface area contributed by atoms with Crippen molar-refractivity contribution in [3.63, 3.8) is 0 Å². The van der Waals surface area contributed by atoms with Crippen molar-refractivity contribution >= 4 is 17.8 Å². The van der Waals surface area contributed by atoms with E-state index in [1.165, 1.54) is 10.6 Å². The van der Waals surface area contributed by atoms with Gasteiger partial charge in [0.05, 0.1) is 6.54 Å². The molecule has 30 heavy (non-hydrogen) atoms. The molecular formula is C21H29N5O4. The fraction of sp³-hybridized carbons (Fsp3) is 0.333. The Hall–Kier alpha value is -3.62. The topological polar surface area (TPSA) is 153 Å². The van der Waals surface area contributed by atoms with Crippen LogP contribution in [0.15, 0.2) is 58.4 Å². The highest BCUT2D eigenvalue weighted by molar-refractivity contribution is 5.96. The van der Waals surface area contributed by atoms with Crippen molar-refractivity contribution in [2.45, 2.75) is 39.3 Å². The van der Waals surface area contributed by atoms with Crippen molar-refractivity contribution in [1.82, 2.24) is 9.88 Å². The molecule has 0 fully saturated rings. The lowest BCUT2D eigenvalue weighted by atomic mass is 10.1. The van der Waals surface area contributed by atoms with Crippen molar-refractivity contribution in [2.75, 3.05) is 6.54 Å². The first-order chi connectivity index (χ1) is 14.4. The SMILES string of the molecule is CC.NC(N)=NCCCC(NC(=O)c1cccn(Cc2ccccc2)c1=O)C(=O)O. The quantitative estimate of drug-likeness (QED) is 0.274. The Labute approximate surface area is 175 Å². The highest BCUT2D eigenvalue weighted by Crippen LogP contribution is 2.03. The zero-order valence-electron chi connectivity index (χ0n) is 17.2. The zero-order chi connectivity index (χ0) is 22.5. The van der Waals surface area contributed by atoms with Crippen LogP contribution in [0.3, 0.4) is 0 Å². The second kappa shape index (κ2) is 12.8. The predicted octanol–water partition coefficient (Wildman–Crippen LogP) is 1.16. The Morgan fingerprint density at radius 3 is 2.40 bits per heavy atom. The van der Waals surface area contributed by atoms with Crippen LogP contribution in [0.4, 0.5) is 0 Å². The number of guanidine groups is 1. The standard InChI is InChI=1S/C19H23N5O4.C2H6/c20-19(21)22-10-4-9-15(18(27)28)23-16(25)14-8-5-11-24(17(14)26)12-13-6-2-1-3-7-13;1-2/h1-3,5-8,11,15H,4,9-10,12H2,(H,23,25)(H,27,28)(H4,20,21,22);1-2H3. The Morgan fingerprint density at radius 2 is 1.80 bits per heavy atom. The van der Waals surface area contributed by atoms with Crippen LogP contribution in [-0.4, -0.2) is 40.1 Å². The van der Waals surface area contributed by atoms with Crippen LogP contribution >= 0.6 is 0 Å². The summed E-state index contributed by atoms with van der Waals surface area (Å²) < 4.78 is 1.40. The first kappa shape index (κ1) is 24.4. The summed E-state index contributed by atoms with van der Waals surface area (Å²) in [7, 11) is 0. The summed E-state index contributed by atoms with van der Waals surface area (Å²) in [6.07, 6.45) is 2.07. The molecule has 2 aromatic rings. The van der Waals surface area contributed by atoms with Crippen LogP contribution in [-0.2, 0) is 11.3 Å². The van der Waals surface area contributed by atoms with Crippen molar-refractivity contribution in [3.05, 3.63) is 70.1 Å². The first-order valence-electron chi connectivity index (χ1n) is 9.71. The maximum atomic E-state index is 12.6. The molecule has 162 valence electrons. The van der Waals surface area contributed by atoms with Crippen molar-refractivity contribution in [3.8, 4) is 0 Å². The van der Waals surface area contributed by atoms with E-state index in [0.717, 1.165) is 5.56 Å². The molecule has 6 N–H and O–H groups in total. The second-order valence-electron chi connectivity index (χ2n) is 6.15. The Morgan fingerprint density at radius 1 is 1.13 bits per heavy atom. The number of aromatic nitrogens is 1. The van der Waals surface area contributed by atoms with Gasteiger partial charge in [-0.05, 0) is 30.5 Å². The molecule has 2 rings (SSSR count). The van der Waals surface area contributed by atoms with Gasteiger partial charge in [-0.15, -0.1) is 0 Å². The molecule has 1 atom stereocenters. The number of carbonyl (C=O) groups excluding carboxylic acids is 1. The zero-order valence-corrected chi connectivity index (χ0v) is 17.2. The van der Waals surface area contributed by atoms with E-state index in [1.807, 2.05) is 44.2 Å². The molecule has 1 amide bonds. The van der Waals surface area contributed by atoms with Gasteiger partial charge in [0.2, 0.25) is 0 Å². The molecule has 1 heterocycles. The normalized spacial score (nSPS) is 10.9. The van der Waals surface area contributed by atoms with Gasteiger partial charge in [0.15, 0.2) is 5.96 Å². The number of carbonyl (C=O) groups is 2. The number of nitrogens with zero attached hydrogens (tertiary/aromatic N) is 2. The van der Waals surface area contributed by atoms with E-state index in [0.29, 0.717) is 13.0 Å². The number of nitrogens with one attached hydrogen (secondary N) is 1. The number of nitrogens with two attached hydrogens (primary N) is 2. The highest BCUT2D eigenvalue weighted by atomic mass is 16.4. The van der Waals surface area contributed by atoms with Gasteiger partial charge in [-0.25, -0.2) is 4.79 Å². The lowest BCUT2D eigenvalue weighted by Crippen LogP contribution is -2.43. The maximum Gasteiger partial charge on any atom is 0.326 e. The number of rotatable bonds is 9. The van der Waals surface area contributed by atoms with Crippen LogP contribution in [0.25, 0.3) is 0 Å². The lowest BCUT2D eigenvalue weighted by molar-refractivity contribution is -0.139. The van der Waals surface area contributed by atoms with Crippen LogP contribution in [0.5, 0.6) is 0 Å². The molecule has 0 aliphatic carbocycles. The molecule has 0 saturated carbocycles. The van der Waals surface area contributed by atoms with E-state index in [2.05, 4.69) is 10.3 Å². The van der Waals surface area contributed by atoms with Crippen molar-refractivity contribution in [2.24, 2.45) is 16.5 Å².